The van der Waals surface area contributed by atoms with Crippen LogP contribution in [0.25, 0.3) is 0 Å². The fourth-order valence-electron chi connectivity index (χ4n) is 1.67. The van der Waals surface area contributed by atoms with E-state index in [0.29, 0.717) is 0 Å². The van der Waals surface area contributed by atoms with Crippen LogP contribution in [0.2, 0.25) is 0 Å². The Morgan fingerprint density at radius 1 is 1.32 bits per heavy atom. The monoisotopic (exact) mass is 265 g/mol. The smallest absolute Gasteiger partial charge is 0.222 e. The van der Waals surface area contributed by atoms with E-state index in [1.807, 2.05) is 44.2 Å². The van der Waals surface area contributed by atoms with Crippen molar-refractivity contribution >= 4 is 5.91 Å². The van der Waals surface area contributed by atoms with Crippen LogP contribution in [0, 0.1) is 5.92 Å². The fourth-order valence-corrected chi connectivity index (χ4v) is 1.67. The Labute approximate surface area is 114 Å². The number of nitrogens with one attached hydrogen (secondary N) is 1. The zero-order valence-electron chi connectivity index (χ0n) is 11.8. The van der Waals surface area contributed by atoms with Gasteiger partial charge >= 0.3 is 0 Å². The summed E-state index contributed by atoms with van der Waals surface area (Å²) in [5.74, 6) is -0.210. The lowest BCUT2D eigenvalue weighted by molar-refractivity contribution is -0.124. The van der Waals surface area contributed by atoms with E-state index in [9.17, 15) is 15.0 Å². The standard InChI is InChI=1S/C15H23NO3/c1-11(2)13(17)9-14(18)16-10-15(3,19)12-7-5-4-6-8-12/h4-8,11,13,17,19H,9-10H2,1-3H3,(H,16,18). The van der Waals surface area contributed by atoms with Gasteiger partial charge in [0.05, 0.1) is 19.1 Å². The van der Waals surface area contributed by atoms with Crippen LogP contribution in [0.3, 0.4) is 0 Å². The van der Waals surface area contributed by atoms with Crippen molar-refractivity contribution in [3.63, 3.8) is 0 Å². The van der Waals surface area contributed by atoms with Crippen molar-refractivity contribution in [2.24, 2.45) is 5.92 Å². The van der Waals surface area contributed by atoms with E-state index in [-0.39, 0.29) is 24.8 Å². The molecule has 0 aromatic heterocycles. The topological polar surface area (TPSA) is 69.6 Å². The van der Waals surface area contributed by atoms with Gasteiger partial charge < -0.3 is 15.5 Å². The molecule has 0 aliphatic carbocycles. The minimum absolute atomic E-state index is 0.0420. The third-order valence-corrected chi connectivity index (χ3v) is 3.19. The molecule has 3 N–H and O–H groups in total. The number of benzene rings is 1. The minimum atomic E-state index is -1.11. The van der Waals surface area contributed by atoms with Crippen LogP contribution in [-0.4, -0.2) is 28.8 Å². The molecule has 0 aliphatic heterocycles. The minimum Gasteiger partial charge on any atom is -0.392 e. The summed E-state index contributed by atoms with van der Waals surface area (Å²) >= 11 is 0. The largest absolute Gasteiger partial charge is 0.392 e. The molecule has 0 bridgehead atoms. The number of aliphatic hydroxyl groups excluding tert-OH is 1. The average Bonchev–Trinajstić information content (AvgIpc) is 2.37. The van der Waals surface area contributed by atoms with Gasteiger partial charge in [-0.05, 0) is 18.4 Å². The molecule has 1 amide bonds. The summed E-state index contributed by atoms with van der Waals surface area (Å²) in [6, 6.07) is 9.18. The number of hydrogen-bond acceptors (Lipinski definition) is 3. The summed E-state index contributed by atoms with van der Waals surface area (Å²) in [5.41, 5.74) is -0.362. The van der Waals surface area contributed by atoms with Crippen LogP contribution in [0.5, 0.6) is 0 Å². The molecule has 0 radical (unpaired) electrons. The quantitative estimate of drug-likeness (QED) is 0.728. The maximum atomic E-state index is 11.7. The first-order valence-electron chi connectivity index (χ1n) is 6.55. The number of amides is 1. The first-order chi connectivity index (χ1) is 8.83. The fraction of sp³-hybridized carbons (Fsp3) is 0.533. The highest BCUT2D eigenvalue weighted by Gasteiger charge is 2.24. The normalized spacial score (nSPS) is 15.9. The van der Waals surface area contributed by atoms with Crippen molar-refractivity contribution in [2.45, 2.75) is 38.9 Å². The predicted octanol–water partition coefficient (Wildman–Crippen LogP) is 1.42. The van der Waals surface area contributed by atoms with Crippen LogP contribution < -0.4 is 5.32 Å². The van der Waals surface area contributed by atoms with Gasteiger partial charge in [0.2, 0.25) is 5.91 Å². The maximum Gasteiger partial charge on any atom is 0.222 e. The zero-order chi connectivity index (χ0) is 14.5. The van der Waals surface area contributed by atoms with E-state index in [1.165, 1.54) is 0 Å². The van der Waals surface area contributed by atoms with E-state index in [4.69, 9.17) is 0 Å². The second-order valence-electron chi connectivity index (χ2n) is 5.43. The molecular weight excluding hydrogens is 242 g/mol. The molecule has 4 nitrogen and oxygen atoms in total. The van der Waals surface area contributed by atoms with Gasteiger partial charge in [-0.25, -0.2) is 0 Å². The molecular formula is C15H23NO3. The summed E-state index contributed by atoms with van der Waals surface area (Å²) in [5, 5.41) is 22.6. The van der Waals surface area contributed by atoms with Crippen LogP contribution in [0.4, 0.5) is 0 Å². The Bertz CT molecular complexity index is 401. The molecule has 0 heterocycles. The summed E-state index contributed by atoms with van der Waals surface area (Å²) in [4.78, 5) is 11.7. The van der Waals surface area contributed by atoms with Crippen molar-refractivity contribution in [3.05, 3.63) is 35.9 Å². The lowest BCUT2D eigenvalue weighted by atomic mass is 9.96. The maximum absolute atomic E-state index is 11.7. The van der Waals surface area contributed by atoms with Crippen LogP contribution in [0.15, 0.2) is 30.3 Å². The number of aliphatic hydroxyl groups is 2. The number of carbonyl (C=O) groups excluding carboxylic acids is 1. The van der Waals surface area contributed by atoms with E-state index in [1.54, 1.807) is 6.92 Å². The molecule has 1 aromatic rings. The SMILES string of the molecule is CC(C)C(O)CC(=O)NCC(C)(O)c1ccccc1. The van der Waals surface area contributed by atoms with Gasteiger partial charge in [-0.2, -0.15) is 0 Å². The van der Waals surface area contributed by atoms with Crippen molar-refractivity contribution in [1.82, 2.24) is 5.32 Å². The lowest BCUT2D eigenvalue weighted by Crippen LogP contribution is -2.40. The Kier molecular flexibility index (Phi) is 5.51. The third kappa shape index (κ3) is 5.01. The lowest BCUT2D eigenvalue weighted by Gasteiger charge is -2.24. The summed E-state index contributed by atoms with van der Waals surface area (Å²) in [6.07, 6.45) is -0.593. The molecule has 0 aliphatic rings. The highest BCUT2D eigenvalue weighted by atomic mass is 16.3. The van der Waals surface area contributed by atoms with E-state index >= 15 is 0 Å². The average molecular weight is 265 g/mol. The van der Waals surface area contributed by atoms with E-state index in [2.05, 4.69) is 5.32 Å². The number of hydrogen-bond donors (Lipinski definition) is 3. The molecule has 4 heteroatoms. The van der Waals surface area contributed by atoms with Crippen LogP contribution in [-0.2, 0) is 10.4 Å². The second kappa shape index (κ2) is 6.68. The van der Waals surface area contributed by atoms with Gasteiger partial charge in [0.25, 0.3) is 0 Å². The molecule has 1 rings (SSSR count). The van der Waals surface area contributed by atoms with Crippen molar-refractivity contribution in [1.29, 1.82) is 0 Å². The van der Waals surface area contributed by atoms with Gasteiger partial charge in [-0.15, -0.1) is 0 Å². The van der Waals surface area contributed by atoms with E-state index < -0.39 is 11.7 Å². The molecule has 106 valence electrons. The van der Waals surface area contributed by atoms with Gasteiger partial charge in [-0.3, -0.25) is 4.79 Å². The van der Waals surface area contributed by atoms with Gasteiger partial charge in [0.1, 0.15) is 5.60 Å². The second-order valence-corrected chi connectivity index (χ2v) is 5.43. The summed E-state index contributed by atoms with van der Waals surface area (Å²) in [7, 11) is 0. The predicted molar refractivity (Wildman–Crippen MR) is 74.5 cm³/mol. The Balaban J connectivity index is 2.50. The van der Waals surface area contributed by atoms with Gasteiger partial charge in [-0.1, -0.05) is 44.2 Å². The van der Waals surface area contributed by atoms with E-state index in [0.717, 1.165) is 5.56 Å². The van der Waals surface area contributed by atoms with Crippen molar-refractivity contribution in [3.8, 4) is 0 Å². The highest BCUT2D eigenvalue weighted by molar-refractivity contribution is 5.76. The summed E-state index contributed by atoms with van der Waals surface area (Å²) < 4.78 is 0. The Morgan fingerprint density at radius 2 is 1.89 bits per heavy atom. The zero-order valence-corrected chi connectivity index (χ0v) is 11.8. The van der Waals surface area contributed by atoms with Gasteiger partial charge in [0.15, 0.2) is 0 Å². The number of rotatable bonds is 6. The first kappa shape index (κ1) is 15.7. The molecule has 0 saturated heterocycles. The molecule has 0 fully saturated rings. The Morgan fingerprint density at radius 3 is 2.42 bits per heavy atom. The van der Waals surface area contributed by atoms with Gasteiger partial charge in [0, 0.05) is 0 Å². The summed E-state index contributed by atoms with van der Waals surface area (Å²) in [6.45, 7) is 5.50. The molecule has 1 aromatic carbocycles. The molecule has 0 spiro atoms. The molecule has 0 saturated carbocycles. The number of carbonyl (C=O) groups is 1. The first-order valence-corrected chi connectivity index (χ1v) is 6.55. The van der Waals surface area contributed by atoms with Crippen LogP contribution >= 0.6 is 0 Å². The third-order valence-electron chi connectivity index (χ3n) is 3.19. The molecule has 2 unspecified atom stereocenters. The molecule has 19 heavy (non-hydrogen) atoms. The van der Waals surface area contributed by atoms with Crippen molar-refractivity contribution < 1.29 is 15.0 Å². The molecule has 2 atom stereocenters. The highest BCUT2D eigenvalue weighted by Crippen LogP contribution is 2.19. The Hall–Kier alpha value is -1.39. The van der Waals surface area contributed by atoms with Crippen molar-refractivity contribution in [2.75, 3.05) is 6.54 Å². The van der Waals surface area contributed by atoms with Crippen LogP contribution in [0.1, 0.15) is 32.8 Å².